The molecular weight excluding hydrogens is 486 g/mol. The molecule has 1 heterocycles. The van der Waals surface area contributed by atoms with Gasteiger partial charge in [0.2, 0.25) is 0 Å². The van der Waals surface area contributed by atoms with E-state index in [2.05, 4.69) is 10.2 Å². The number of morpholine rings is 1. The van der Waals surface area contributed by atoms with Crippen LogP contribution >= 0.6 is 0 Å². The maximum absolute atomic E-state index is 13.6. The van der Waals surface area contributed by atoms with Crippen LogP contribution in [0.1, 0.15) is 27.1 Å². The van der Waals surface area contributed by atoms with Crippen molar-refractivity contribution in [3.05, 3.63) is 120 Å². The normalized spacial score (nSPS) is 13.5. The lowest BCUT2D eigenvalue weighted by molar-refractivity contribution is 0.0376. The quantitative estimate of drug-likeness (QED) is 0.296. The Morgan fingerprint density at radius 1 is 0.769 bits per heavy atom. The molecular formula is C33H33N3O3. The molecule has 4 aromatic carbocycles. The van der Waals surface area contributed by atoms with Crippen molar-refractivity contribution < 1.29 is 14.3 Å². The van der Waals surface area contributed by atoms with E-state index in [1.54, 1.807) is 24.3 Å². The van der Waals surface area contributed by atoms with Gasteiger partial charge in [-0.15, -0.1) is 0 Å². The molecule has 1 aliphatic rings. The largest absolute Gasteiger partial charge is 0.379 e. The highest BCUT2D eigenvalue weighted by atomic mass is 16.5. The minimum Gasteiger partial charge on any atom is -0.379 e. The average molecular weight is 520 g/mol. The van der Waals surface area contributed by atoms with Gasteiger partial charge in [-0.3, -0.25) is 14.5 Å². The van der Waals surface area contributed by atoms with E-state index in [1.807, 2.05) is 89.8 Å². The van der Waals surface area contributed by atoms with Gasteiger partial charge in [0.05, 0.1) is 13.2 Å². The Kier molecular flexibility index (Phi) is 8.79. The summed E-state index contributed by atoms with van der Waals surface area (Å²) in [7, 11) is 0. The van der Waals surface area contributed by atoms with Gasteiger partial charge in [-0.2, -0.15) is 0 Å². The fourth-order valence-electron chi connectivity index (χ4n) is 4.83. The molecule has 1 aliphatic heterocycles. The molecule has 198 valence electrons. The number of amides is 2. The molecule has 1 fully saturated rings. The molecule has 6 heteroatoms. The van der Waals surface area contributed by atoms with Crippen LogP contribution in [0.2, 0.25) is 0 Å². The van der Waals surface area contributed by atoms with Crippen molar-refractivity contribution in [1.82, 2.24) is 4.90 Å². The van der Waals surface area contributed by atoms with Crippen molar-refractivity contribution in [2.24, 2.45) is 0 Å². The maximum atomic E-state index is 13.6. The van der Waals surface area contributed by atoms with Gasteiger partial charge in [-0.1, -0.05) is 66.7 Å². The summed E-state index contributed by atoms with van der Waals surface area (Å²) >= 11 is 0. The summed E-state index contributed by atoms with van der Waals surface area (Å²) in [5, 5.41) is 2.99. The van der Waals surface area contributed by atoms with E-state index >= 15 is 0 Å². The maximum Gasteiger partial charge on any atom is 0.258 e. The standard InChI is InChI=1S/C33H33N3O3/c37-32(31-15-8-7-14-30(31)26-10-3-1-4-11-26)34-28-18-16-27(17-19-28)33(38)36(29-12-5-2-6-13-29)21-9-20-35-22-24-39-25-23-35/h1-8,10-19H,9,20-25H2,(H,34,37). The fourth-order valence-corrected chi connectivity index (χ4v) is 4.83. The fraction of sp³-hybridized carbons (Fsp3) is 0.212. The molecule has 1 N–H and O–H groups in total. The molecule has 4 aromatic rings. The number of ether oxygens (including phenoxy) is 1. The first-order valence-corrected chi connectivity index (χ1v) is 13.4. The zero-order chi connectivity index (χ0) is 26.9. The predicted molar refractivity (Wildman–Crippen MR) is 156 cm³/mol. The van der Waals surface area contributed by atoms with Gasteiger partial charge in [0.25, 0.3) is 11.8 Å². The number of carbonyl (C=O) groups is 2. The molecule has 6 nitrogen and oxygen atoms in total. The van der Waals surface area contributed by atoms with E-state index in [0.717, 1.165) is 56.1 Å². The summed E-state index contributed by atoms with van der Waals surface area (Å²) in [6.07, 6.45) is 0.871. The van der Waals surface area contributed by atoms with Crippen LogP contribution in [-0.2, 0) is 4.74 Å². The van der Waals surface area contributed by atoms with E-state index in [-0.39, 0.29) is 11.8 Å². The zero-order valence-electron chi connectivity index (χ0n) is 22.0. The Hall–Kier alpha value is -4.26. The van der Waals surface area contributed by atoms with Crippen LogP contribution in [0.3, 0.4) is 0 Å². The summed E-state index contributed by atoms with van der Waals surface area (Å²) in [4.78, 5) is 31.0. The molecule has 0 spiro atoms. The van der Waals surface area contributed by atoms with Crippen LogP contribution in [0.25, 0.3) is 11.1 Å². The third-order valence-corrected chi connectivity index (χ3v) is 6.92. The summed E-state index contributed by atoms with van der Waals surface area (Å²) in [6, 6.07) is 34.3. The first kappa shape index (κ1) is 26.4. The van der Waals surface area contributed by atoms with Crippen molar-refractivity contribution in [3.63, 3.8) is 0 Å². The van der Waals surface area contributed by atoms with Crippen molar-refractivity contribution in [3.8, 4) is 11.1 Å². The molecule has 1 saturated heterocycles. The second-order valence-electron chi connectivity index (χ2n) is 9.54. The van der Waals surface area contributed by atoms with Gasteiger partial charge in [-0.05, 0) is 60.0 Å². The van der Waals surface area contributed by atoms with Crippen LogP contribution in [0.4, 0.5) is 11.4 Å². The predicted octanol–water partition coefficient (Wildman–Crippen LogP) is 5.98. The molecule has 0 bridgehead atoms. The van der Waals surface area contributed by atoms with Crippen LogP contribution in [0.15, 0.2) is 109 Å². The number of para-hydroxylation sites is 1. The number of carbonyl (C=O) groups excluding carboxylic acids is 2. The van der Waals surface area contributed by atoms with Crippen molar-refractivity contribution in [2.75, 3.05) is 49.6 Å². The number of nitrogens with zero attached hydrogens (tertiary/aromatic N) is 2. The first-order valence-electron chi connectivity index (χ1n) is 13.4. The van der Waals surface area contributed by atoms with Crippen molar-refractivity contribution >= 4 is 23.2 Å². The number of benzene rings is 4. The Morgan fingerprint density at radius 3 is 2.13 bits per heavy atom. The third kappa shape index (κ3) is 6.79. The van der Waals surface area contributed by atoms with E-state index in [9.17, 15) is 9.59 Å². The summed E-state index contributed by atoms with van der Waals surface area (Å²) in [5.74, 6) is -0.252. The second kappa shape index (κ2) is 13.0. The van der Waals surface area contributed by atoms with Gasteiger partial charge in [0, 0.05) is 48.7 Å². The number of hydrogen-bond donors (Lipinski definition) is 1. The molecule has 0 aliphatic carbocycles. The van der Waals surface area contributed by atoms with E-state index in [4.69, 9.17) is 4.74 Å². The molecule has 0 saturated carbocycles. The van der Waals surface area contributed by atoms with Crippen LogP contribution in [0, 0.1) is 0 Å². The molecule has 0 radical (unpaired) electrons. The molecule has 2 amide bonds. The van der Waals surface area contributed by atoms with Gasteiger partial charge in [-0.25, -0.2) is 0 Å². The topological polar surface area (TPSA) is 61.9 Å². The first-order chi connectivity index (χ1) is 19.2. The highest BCUT2D eigenvalue weighted by Crippen LogP contribution is 2.25. The highest BCUT2D eigenvalue weighted by Gasteiger charge is 2.19. The van der Waals surface area contributed by atoms with Gasteiger partial charge in [0.15, 0.2) is 0 Å². The van der Waals surface area contributed by atoms with Crippen LogP contribution < -0.4 is 10.2 Å². The zero-order valence-corrected chi connectivity index (χ0v) is 22.0. The van der Waals surface area contributed by atoms with Crippen molar-refractivity contribution in [2.45, 2.75) is 6.42 Å². The summed E-state index contributed by atoms with van der Waals surface area (Å²) < 4.78 is 5.44. The molecule has 5 rings (SSSR count). The highest BCUT2D eigenvalue weighted by molar-refractivity contribution is 6.09. The molecule has 39 heavy (non-hydrogen) atoms. The van der Waals surface area contributed by atoms with E-state index < -0.39 is 0 Å². The van der Waals surface area contributed by atoms with Crippen molar-refractivity contribution in [1.29, 1.82) is 0 Å². The lowest BCUT2D eigenvalue weighted by Gasteiger charge is -2.28. The van der Waals surface area contributed by atoms with Crippen LogP contribution in [0.5, 0.6) is 0 Å². The molecule has 0 aromatic heterocycles. The lowest BCUT2D eigenvalue weighted by atomic mass is 9.99. The van der Waals surface area contributed by atoms with Gasteiger partial charge in [0.1, 0.15) is 0 Å². The Balaban J connectivity index is 1.27. The number of hydrogen-bond acceptors (Lipinski definition) is 4. The van der Waals surface area contributed by atoms with Gasteiger partial charge < -0.3 is 15.0 Å². The van der Waals surface area contributed by atoms with Gasteiger partial charge >= 0.3 is 0 Å². The molecule has 0 unspecified atom stereocenters. The van der Waals surface area contributed by atoms with Crippen LogP contribution in [-0.4, -0.2) is 56.1 Å². The monoisotopic (exact) mass is 519 g/mol. The SMILES string of the molecule is O=C(Nc1ccc(C(=O)N(CCCN2CCOCC2)c2ccccc2)cc1)c1ccccc1-c1ccccc1. The Bertz CT molecular complexity index is 1370. The summed E-state index contributed by atoms with van der Waals surface area (Å²) in [5.41, 5.74) is 4.54. The smallest absolute Gasteiger partial charge is 0.258 e. The van der Waals surface area contributed by atoms with E-state index in [0.29, 0.717) is 23.4 Å². The number of nitrogens with one attached hydrogen (secondary N) is 1. The minimum absolute atomic E-state index is 0.0597. The minimum atomic E-state index is -0.192. The second-order valence-corrected chi connectivity index (χ2v) is 9.54. The summed E-state index contributed by atoms with van der Waals surface area (Å²) in [6.45, 7) is 4.94. The third-order valence-electron chi connectivity index (χ3n) is 6.92. The number of anilines is 2. The average Bonchev–Trinajstić information content (AvgIpc) is 3.01. The van der Waals surface area contributed by atoms with E-state index in [1.165, 1.54) is 0 Å². The number of rotatable bonds is 9. The Morgan fingerprint density at radius 2 is 1.41 bits per heavy atom. The Labute approximate surface area is 229 Å². The lowest BCUT2D eigenvalue weighted by Crippen LogP contribution is -2.39. The molecule has 0 atom stereocenters.